The Morgan fingerprint density at radius 2 is 1.68 bits per heavy atom. The molecule has 1 atom stereocenters. The van der Waals surface area contributed by atoms with Gasteiger partial charge in [-0.15, -0.1) is 0 Å². The Kier molecular flexibility index (Phi) is 5.48. The molecular weight excluding hydrogens is 496 g/mol. The summed E-state index contributed by atoms with van der Waals surface area (Å²) < 4.78 is 27.6. The van der Waals surface area contributed by atoms with Gasteiger partial charge in [-0.1, -0.05) is 12.1 Å². The highest BCUT2D eigenvalue weighted by atomic mass is 16.7. The van der Waals surface area contributed by atoms with E-state index in [1.54, 1.807) is 24.3 Å². The molecule has 3 aromatic carbocycles. The molecule has 0 radical (unpaired) electrons. The second kappa shape index (κ2) is 8.87. The summed E-state index contributed by atoms with van der Waals surface area (Å²) in [6.07, 6.45) is 0. The van der Waals surface area contributed by atoms with Gasteiger partial charge < -0.3 is 33.7 Å². The number of ether oxygens (including phenoxy) is 5. The van der Waals surface area contributed by atoms with E-state index in [0.717, 1.165) is 16.8 Å². The van der Waals surface area contributed by atoms with Crippen molar-refractivity contribution in [1.29, 1.82) is 0 Å². The topological polar surface area (TPSA) is 130 Å². The maximum atomic E-state index is 13.2. The van der Waals surface area contributed by atoms with Crippen molar-refractivity contribution in [2.45, 2.75) is 12.5 Å². The first-order valence-corrected chi connectivity index (χ1v) is 11.7. The van der Waals surface area contributed by atoms with Crippen LogP contribution in [-0.4, -0.2) is 43.6 Å². The monoisotopic (exact) mass is 518 g/mol. The summed E-state index contributed by atoms with van der Waals surface area (Å²) in [5.41, 5.74) is 4.06. The quantitative estimate of drug-likeness (QED) is 0.290. The molecule has 3 aliphatic heterocycles. The summed E-state index contributed by atoms with van der Waals surface area (Å²) in [6, 6.07) is 13.3. The fraction of sp³-hybridized carbons (Fsp3) is 0.222. The molecule has 0 saturated carbocycles. The third-order valence-corrected chi connectivity index (χ3v) is 6.93. The molecule has 0 aliphatic carbocycles. The Hall–Kier alpha value is -4.93. The minimum Gasteiger partial charge on any atom is -0.502 e. The largest absolute Gasteiger partial charge is 0.502 e. The Morgan fingerprint density at radius 3 is 2.32 bits per heavy atom. The first-order chi connectivity index (χ1) is 18.4. The van der Waals surface area contributed by atoms with Gasteiger partial charge in [0.1, 0.15) is 6.61 Å². The van der Waals surface area contributed by atoms with Gasteiger partial charge in [-0.2, -0.15) is 0 Å². The maximum absolute atomic E-state index is 13.2. The minimum absolute atomic E-state index is 0.00858. The first kappa shape index (κ1) is 23.5. The number of anilines is 1. The zero-order valence-corrected chi connectivity index (χ0v) is 20.4. The lowest BCUT2D eigenvalue weighted by molar-refractivity contribution is -0.384. The number of phenols is 1. The highest BCUT2D eigenvalue weighted by Crippen LogP contribution is 2.53. The summed E-state index contributed by atoms with van der Waals surface area (Å²) in [5, 5.41) is 21.6. The number of carbonyl (C=O) groups excluding carboxylic acids is 1. The molecule has 0 bridgehead atoms. The summed E-state index contributed by atoms with van der Waals surface area (Å²) in [6.45, 7) is 0.453. The number of hydrogen-bond acceptors (Lipinski definition) is 10. The highest BCUT2D eigenvalue weighted by Gasteiger charge is 2.43. The lowest BCUT2D eigenvalue weighted by Gasteiger charge is -2.36. The van der Waals surface area contributed by atoms with Gasteiger partial charge in [0.25, 0.3) is 5.69 Å². The van der Waals surface area contributed by atoms with E-state index >= 15 is 0 Å². The predicted octanol–water partition coefficient (Wildman–Crippen LogP) is 4.01. The number of hydrogen-bond donors (Lipinski definition) is 1. The Bertz CT molecular complexity index is 1490. The Balaban J connectivity index is 1.54. The zero-order chi connectivity index (χ0) is 26.6. The molecule has 3 heterocycles. The van der Waals surface area contributed by atoms with E-state index in [2.05, 4.69) is 0 Å². The molecule has 0 amide bonds. The molecule has 0 fully saturated rings. The van der Waals surface area contributed by atoms with Gasteiger partial charge in [-0.3, -0.25) is 10.1 Å². The number of nitro groups is 1. The van der Waals surface area contributed by atoms with Gasteiger partial charge in [0.2, 0.25) is 12.5 Å². The lowest BCUT2D eigenvalue weighted by Crippen LogP contribution is -2.30. The number of non-ortho nitro benzene ring substituents is 1. The van der Waals surface area contributed by atoms with Crippen molar-refractivity contribution in [3.05, 3.63) is 86.6 Å². The summed E-state index contributed by atoms with van der Waals surface area (Å²) in [7, 11) is 2.87. The van der Waals surface area contributed by atoms with Crippen LogP contribution in [0, 0.1) is 10.1 Å². The van der Waals surface area contributed by atoms with E-state index < -0.39 is 16.8 Å². The molecule has 1 unspecified atom stereocenters. The van der Waals surface area contributed by atoms with Gasteiger partial charge in [-0.25, -0.2) is 4.79 Å². The van der Waals surface area contributed by atoms with E-state index in [4.69, 9.17) is 23.7 Å². The molecular formula is C27H22N2O9. The van der Waals surface area contributed by atoms with Crippen molar-refractivity contribution in [2.75, 3.05) is 32.5 Å². The second-order valence-electron chi connectivity index (χ2n) is 8.92. The van der Waals surface area contributed by atoms with Crippen LogP contribution in [0.3, 0.4) is 0 Å². The first-order valence-electron chi connectivity index (χ1n) is 11.7. The van der Waals surface area contributed by atoms with Crippen molar-refractivity contribution in [3.8, 4) is 28.7 Å². The molecule has 194 valence electrons. The van der Waals surface area contributed by atoms with Crippen LogP contribution < -0.4 is 23.8 Å². The van der Waals surface area contributed by atoms with Gasteiger partial charge >= 0.3 is 5.97 Å². The number of carbonyl (C=O) groups is 1. The van der Waals surface area contributed by atoms with E-state index in [0.29, 0.717) is 34.9 Å². The average molecular weight is 518 g/mol. The number of benzene rings is 3. The number of nitrogens with zero attached hydrogens (tertiary/aromatic N) is 2. The molecule has 3 aromatic rings. The summed E-state index contributed by atoms with van der Waals surface area (Å²) in [4.78, 5) is 25.8. The molecule has 6 rings (SSSR count). The zero-order valence-electron chi connectivity index (χ0n) is 20.4. The molecule has 3 aliphatic rings. The summed E-state index contributed by atoms with van der Waals surface area (Å²) in [5.74, 6) is 0.299. The number of cyclic esters (lactones) is 1. The Labute approximate surface area is 216 Å². The number of phenolic OH excluding ortho intramolecular Hbond substituents is 1. The van der Waals surface area contributed by atoms with Crippen molar-refractivity contribution in [1.82, 2.24) is 0 Å². The van der Waals surface area contributed by atoms with Crippen LogP contribution in [-0.2, 0) is 16.1 Å². The number of fused-ring (bicyclic) bond motifs is 2. The number of methoxy groups -OCH3 is 2. The van der Waals surface area contributed by atoms with Crippen LogP contribution >= 0.6 is 0 Å². The van der Waals surface area contributed by atoms with E-state index in [1.807, 2.05) is 17.0 Å². The molecule has 0 aromatic heterocycles. The van der Waals surface area contributed by atoms with Crippen LogP contribution in [0.4, 0.5) is 11.4 Å². The van der Waals surface area contributed by atoms with E-state index in [-0.39, 0.29) is 36.3 Å². The van der Waals surface area contributed by atoms with E-state index in [9.17, 15) is 20.0 Å². The number of rotatable bonds is 6. The van der Waals surface area contributed by atoms with Crippen molar-refractivity contribution < 1.29 is 38.5 Å². The van der Waals surface area contributed by atoms with Gasteiger partial charge in [0.15, 0.2) is 23.0 Å². The Morgan fingerprint density at radius 1 is 1.03 bits per heavy atom. The highest BCUT2D eigenvalue weighted by molar-refractivity contribution is 5.98. The normalized spacial score (nSPS) is 17.2. The fourth-order valence-corrected chi connectivity index (χ4v) is 5.14. The standard InChI is InChI=1S/C27H22N2O9/c1-34-22-7-15(8-23(35-2)26(22)30)24-17-9-20-21(38-13-37-20)10-18(17)28(19-12-36-27(31)25(19)24)11-14-3-5-16(6-4-14)29(32)33/h3-10,24,30H,11-13H2,1-2H3. The average Bonchev–Trinajstić information content (AvgIpc) is 3.54. The fourth-order valence-electron chi connectivity index (χ4n) is 5.14. The smallest absolute Gasteiger partial charge is 0.337 e. The third kappa shape index (κ3) is 3.62. The SMILES string of the molecule is COc1cc(C2C3=C(COC3=O)N(Cc3ccc([N+](=O)[O-])cc3)c3cc4c(cc32)OCO4)cc(OC)c1O. The number of aromatic hydroxyl groups is 1. The molecule has 0 spiro atoms. The molecule has 38 heavy (non-hydrogen) atoms. The van der Waals surface area contributed by atoms with Crippen LogP contribution in [0.2, 0.25) is 0 Å². The lowest BCUT2D eigenvalue weighted by atomic mass is 9.80. The van der Waals surface area contributed by atoms with Gasteiger partial charge in [0.05, 0.1) is 30.4 Å². The van der Waals surface area contributed by atoms with Crippen LogP contribution in [0.15, 0.2) is 59.8 Å². The minimum atomic E-state index is -0.582. The van der Waals surface area contributed by atoms with E-state index in [1.165, 1.54) is 26.4 Å². The molecule has 11 heteroatoms. The molecule has 0 saturated heterocycles. The third-order valence-electron chi connectivity index (χ3n) is 6.93. The van der Waals surface area contributed by atoms with Gasteiger partial charge in [0, 0.05) is 36.3 Å². The maximum Gasteiger partial charge on any atom is 0.337 e. The number of esters is 1. The molecule has 11 nitrogen and oxygen atoms in total. The molecule has 1 N–H and O–H groups in total. The second-order valence-corrected chi connectivity index (χ2v) is 8.92. The van der Waals surface area contributed by atoms with Crippen LogP contribution in [0.25, 0.3) is 0 Å². The van der Waals surface area contributed by atoms with Crippen LogP contribution in [0.5, 0.6) is 28.7 Å². The number of nitro benzene ring substituents is 1. The van der Waals surface area contributed by atoms with Crippen LogP contribution in [0.1, 0.15) is 22.6 Å². The van der Waals surface area contributed by atoms with Crippen molar-refractivity contribution in [3.63, 3.8) is 0 Å². The van der Waals surface area contributed by atoms with Gasteiger partial charge in [-0.05, 0) is 34.9 Å². The van der Waals surface area contributed by atoms with Crippen molar-refractivity contribution >= 4 is 17.3 Å². The summed E-state index contributed by atoms with van der Waals surface area (Å²) >= 11 is 0. The van der Waals surface area contributed by atoms with Crippen molar-refractivity contribution in [2.24, 2.45) is 0 Å². The predicted molar refractivity (Wildman–Crippen MR) is 133 cm³/mol.